The number of anilines is 1. The highest BCUT2D eigenvalue weighted by Crippen LogP contribution is 2.32. The van der Waals surface area contributed by atoms with Crippen LogP contribution in [0.2, 0.25) is 0 Å². The lowest BCUT2D eigenvalue weighted by atomic mass is 10.1. The van der Waals surface area contributed by atoms with Gasteiger partial charge in [-0.1, -0.05) is 36.4 Å². The number of aryl methyl sites for hydroxylation is 1. The van der Waals surface area contributed by atoms with E-state index < -0.39 is 23.2 Å². The highest BCUT2D eigenvalue weighted by atomic mass is 19.4. The van der Waals surface area contributed by atoms with E-state index in [1.165, 1.54) is 18.3 Å². The Hall–Kier alpha value is -3.35. The predicted octanol–water partition coefficient (Wildman–Crippen LogP) is 5.24. The van der Waals surface area contributed by atoms with Gasteiger partial charge in [-0.15, -0.1) is 0 Å². The lowest BCUT2D eigenvalue weighted by molar-refractivity contribution is -0.137. The number of alkyl halides is 3. The van der Waals surface area contributed by atoms with Crippen LogP contribution in [0.3, 0.4) is 0 Å². The lowest BCUT2D eigenvalue weighted by Crippen LogP contribution is -2.19. The highest BCUT2D eigenvalue weighted by molar-refractivity contribution is 6.05. The van der Waals surface area contributed by atoms with Crippen LogP contribution in [-0.2, 0) is 12.8 Å². The standard InChI is InChI=1S/C21H17F3N2O2/c1-14-7-2-3-8-15(14)13-28-18-11-6-12-25-19(18)26-20(27)16-9-4-5-10-17(16)21(22,23)24/h2-12H,13H2,1H3,(H,25,26,27). The molecule has 0 saturated carbocycles. The number of rotatable bonds is 5. The number of carbonyl (C=O) groups is 1. The van der Waals surface area contributed by atoms with Crippen LogP contribution < -0.4 is 10.1 Å². The molecular formula is C21H17F3N2O2. The van der Waals surface area contributed by atoms with Gasteiger partial charge in [0.25, 0.3) is 5.91 Å². The van der Waals surface area contributed by atoms with Crippen molar-refractivity contribution in [1.82, 2.24) is 4.98 Å². The van der Waals surface area contributed by atoms with E-state index in [-0.39, 0.29) is 18.2 Å². The molecule has 1 aromatic heterocycles. The van der Waals surface area contributed by atoms with Crippen molar-refractivity contribution in [2.75, 3.05) is 5.32 Å². The van der Waals surface area contributed by atoms with Crippen LogP contribution >= 0.6 is 0 Å². The Morgan fingerprint density at radius 3 is 2.50 bits per heavy atom. The van der Waals surface area contributed by atoms with Crippen molar-refractivity contribution in [1.29, 1.82) is 0 Å². The second-order valence-electron chi connectivity index (χ2n) is 6.06. The van der Waals surface area contributed by atoms with E-state index in [1.807, 2.05) is 31.2 Å². The fourth-order valence-electron chi connectivity index (χ4n) is 2.63. The third-order valence-electron chi connectivity index (χ3n) is 4.12. The van der Waals surface area contributed by atoms with Crippen LogP contribution in [0.1, 0.15) is 27.0 Å². The number of ether oxygens (including phenoxy) is 1. The number of hydrogen-bond donors (Lipinski definition) is 1. The second kappa shape index (κ2) is 8.12. The Morgan fingerprint density at radius 2 is 1.75 bits per heavy atom. The third kappa shape index (κ3) is 4.49. The Kier molecular flexibility index (Phi) is 5.63. The van der Waals surface area contributed by atoms with Crippen LogP contribution in [0.5, 0.6) is 5.75 Å². The molecule has 0 aliphatic heterocycles. The zero-order valence-corrected chi connectivity index (χ0v) is 15.0. The van der Waals surface area contributed by atoms with E-state index in [2.05, 4.69) is 10.3 Å². The third-order valence-corrected chi connectivity index (χ3v) is 4.12. The van der Waals surface area contributed by atoms with Crippen LogP contribution in [0.4, 0.5) is 19.0 Å². The molecule has 0 radical (unpaired) electrons. The summed E-state index contributed by atoms with van der Waals surface area (Å²) in [7, 11) is 0. The molecule has 2 aromatic carbocycles. The van der Waals surface area contributed by atoms with E-state index in [1.54, 1.807) is 12.1 Å². The normalized spacial score (nSPS) is 11.1. The summed E-state index contributed by atoms with van der Waals surface area (Å²) in [5, 5.41) is 2.42. The number of carbonyl (C=O) groups excluding carboxylic acids is 1. The van der Waals surface area contributed by atoms with Gasteiger partial charge in [0.1, 0.15) is 6.61 Å². The average molecular weight is 386 g/mol. The van der Waals surface area contributed by atoms with E-state index in [4.69, 9.17) is 4.74 Å². The minimum absolute atomic E-state index is 0.0538. The maximum atomic E-state index is 13.2. The van der Waals surface area contributed by atoms with Gasteiger partial charge in [0.15, 0.2) is 11.6 Å². The van der Waals surface area contributed by atoms with Gasteiger partial charge in [0, 0.05) is 6.20 Å². The molecule has 0 spiro atoms. The Bertz CT molecular complexity index is 987. The Morgan fingerprint density at radius 1 is 1.04 bits per heavy atom. The van der Waals surface area contributed by atoms with Crippen molar-refractivity contribution in [3.8, 4) is 5.75 Å². The number of nitrogens with zero attached hydrogens (tertiary/aromatic N) is 1. The summed E-state index contributed by atoms with van der Waals surface area (Å²) < 4.78 is 45.2. The fourth-order valence-corrected chi connectivity index (χ4v) is 2.63. The zero-order valence-electron chi connectivity index (χ0n) is 15.0. The molecule has 0 atom stereocenters. The summed E-state index contributed by atoms with van der Waals surface area (Å²) in [5.74, 6) is -0.589. The second-order valence-corrected chi connectivity index (χ2v) is 6.06. The number of nitrogens with one attached hydrogen (secondary N) is 1. The molecule has 0 unspecified atom stereocenters. The molecule has 1 N–H and O–H groups in total. The van der Waals surface area contributed by atoms with Gasteiger partial charge in [-0.05, 0) is 42.3 Å². The predicted molar refractivity (Wildman–Crippen MR) is 99.1 cm³/mol. The Balaban J connectivity index is 1.81. The number of hydrogen-bond acceptors (Lipinski definition) is 3. The van der Waals surface area contributed by atoms with Crippen molar-refractivity contribution in [2.45, 2.75) is 19.7 Å². The van der Waals surface area contributed by atoms with Crippen molar-refractivity contribution < 1.29 is 22.7 Å². The van der Waals surface area contributed by atoms with Crippen molar-refractivity contribution in [2.24, 2.45) is 0 Å². The van der Waals surface area contributed by atoms with E-state index in [0.717, 1.165) is 23.3 Å². The maximum Gasteiger partial charge on any atom is 0.417 e. The first-order valence-corrected chi connectivity index (χ1v) is 8.46. The molecule has 4 nitrogen and oxygen atoms in total. The maximum absolute atomic E-state index is 13.2. The highest BCUT2D eigenvalue weighted by Gasteiger charge is 2.35. The first kappa shape index (κ1) is 19.4. The van der Waals surface area contributed by atoms with E-state index in [9.17, 15) is 18.0 Å². The van der Waals surface area contributed by atoms with Gasteiger partial charge in [-0.2, -0.15) is 13.2 Å². The van der Waals surface area contributed by atoms with E-state index >= 15 is 0 Å². The molecule has 7 heteroatoms. The number of pyridine rings is 1. The molecule has 28 heavy (non-hydrogen) atoms. The minimum atomic E-state index is -4.64. The lowest BCUT2D eigenvalue weighted by Gasteiger charge is -2.15. The SMILES string of the molecule is Cc1ccccc1COc1cccnc1NC(=O)c1ccccc1C(F)(F)F. The van der Waals surface area contributed by atoms with Gasteiger partial charge in [0.2, 0.25) is 0 Å². The number of benzene rings is 2. The number of halogens is 3. The first-order valence-electron chi connectivity index (χ1n) is 8.46. The summed E-state index contributed by atoms with van der Waals surface area (Å²) >= 11 is 0. The topological polar surface area (TPSA) is 51.2 Å². The number of amides is 1. The fraction of sp³-hybridized carbons (Fsp3) is 0.143. The minimum Gasteiger partial charge on any atom is -0.485 e. The molecule has 3 aromatic rings. The van der Waals surface area contributed by atoms with Crippen LogP contribution in [0.15, 0.2) is 66.9 Å². The molecule has 0 fully saturated rings. The van der Waals surface area contributed by atoms with Crippen molar-refractivity contribution >= 4 is 11.7 Å². The summed E-state index contributed by atoms with van der Waals surface area (Å²) in [4.78, 5) is 16.5. The molecule has 1 amide bonds. The molecule has 1 heterocycles. The molecule has 0 saturated heterocycles. The van der Waals surface area contributed by atoms with Gasteiger partial charge in [0.05, 0.1) is 11.1 Å². The summed E-state index contributed by atoms with van der Waals surface area (Å²) in [6, 6.07) is 15.4. The van der Waals surface area contributed by atoms with E-state index in [0.29, 0.717) is 0 Å². The molecule has 0 aliphatic carbocycles. The average Bonchev–Trinajstić information content (AvgIpc) is 2.67. The molecule has 3 rings (SSSR count). The summed E-state index contributed by atoms with van der Waals surface area (Å²) in [6.45, 7) is 2.18. The zero-order chi connectivity index (χ0) is 20.1. The van der Waals surface area contributed by atoms with Crippen LogP contribution in [0.25, 0.3) is 0 Å². The smallest absolute Gasteiger partial charge is 0.417 e. The van der Waals surface area contributed by atoms with Crippen molar-refractivity contribution in [3.05, 3.63) is 89.1 Å². The Labute approximate surface area is 160 Å². The van der Waals surface area contributed by atoms with Crippen LogP contribution in [0, 0.1) is 6.92 Å². The molecule has 144 valence electrons. The van der Waals surface area contributed by atoms with Gasteiger partial charge in [-0.25, -0.2) is 4.98 Å². The van der Waals surface area contributed by atoms with Gasteiger partial charge < -0.3 is 10.1 Å². The monoisotopic (exact) mass is 386 g/mol. The van der Waals surface area contributed by atoms with Gasteiger partial charge >= 0.3 is 6.18 Å². The summed E-state index contributed by atoms with van der Waals surface area (Å²) in [6.07, 6.45) is -3.21. The van der Waals surface area contributed by atoms with Gasteiger partial charge in [-0.3, -0.25) is 4.79 Å². The largest absolute Gasteiger partial charge is 0.485 e. The van der Waals surface area contributed by atoms with Crippen LogP contribution in [-0.4, -0.2) is 10.9 Å². The molecule has 0 bridgehead atoms. The molecular weight excluding hydrogens is 369 g/mol. The summed E-state index contributed by atoms with van der Waals surface area (Å²) in [5.41, 5.74) is 0.499. The van der Waals surface area contributed by atoms with Crippen molar-refractivity contribution in [3.63, 3.8) is 0 Å². The quantitative estimate of drug-likeness (QED) is 0.652. The number of aromatic nitrogens is 1. The molecule has 0 aliphatic rings. The first-order chi connectivity index (χ1) is 13.4.